The summed E-state index contributed by atoms with van der Waals surface area (Å²) in [4.78, 5) is 12.9. The molecule has 3 nitrogen and oxygen atoms in total. The highest BCUT2D eigenvalue weighted by Crippen LogP contribution is 2.23. The van der Waals surface area contributed by atoms with Crippen LogP contribution in [0.1, 0.15) is 10.4 Å². The molecule has 2 rings (SSSR count). The number of carbonyl (C=O) groups is 1. The number of aldehydes is 1. The summed E-state index contributed by atoms with van der Waals surface area (Å²) >= 11 is 3.38. The molecular formula is C11H12BrNO2. The number of hydrogen-bond acceptors (Lipinski definition) is 3. The van der Waals surface area contributed by atoms with Gasteiger partial charge in [-0.15, -0.1) is 0 Å². The number of halogens is 1. The zero-order valence-corrected chi connectivity index (χ0v) is 9.87. The van der Waals surface area contributed by atoms with Crippen molar-refractivity contribution in [2.75, 3.05) is 31.2 Å². The van der Waals surface area contributed by atoms with E-state index in [2.05, 4.69) is 20.8 Å². The van der Waals surface area contributed by atoms with Crippen LogP contribution in [0.5, 0.6) is 0 Å². The molecule has 0 aromatic heterocycles. The monoisotopic (exact) mass is 269 g/mol. The van der Waals surface area contributed by atoms with Crippen LogP contribution in [-0.4, -0.2) is 32.6 Å². The number of anilines is 1. The number of benzene rings is 1. The average Bonchev–Trinajstić information content (AvgIpc) is 2.30. The van der Waals surface area contributed by atoms with Gasteiger partial charge in [-0.3, -0.25) is 4.79 Å². The van der Waals surface area contributed by atoms with Crippen molar-refractivity contribution in [2.24, 2.45) is 0 Å². The van der Waals surface area contributed by atoms with E-state index in [-0.39, 0.29) is 0 Å². The summed E-state index contributed by atoms with van der Waals surface area (Å²) in [6.07, 6.45) is 0.854. The number of morpholine rings is 1. The number of ether oxygens (including phenoxy) is 1. The maximum Gasteiger partial charge on any atom is 0.151 e. The van der Waals surface area contributed by atoms with Gasteiger partial charge in [0.05, 0.1) is 13.2 Å². The summed E-state index contributed by atoms with van der Waals surface area (Å²) in [6.45, 7) is 3.36. The lowest BCUT2D eigenvalue weighted by Crippen LogP contribution is -2.36. The summed E-state index contributed by atoms with van der Waals surface area (Å²) in [7, 11) is 0. The first kappa shape index (κ1) is 10.6. The molecule has 0 radical (unpaired) electrons. The first-order valence-corrected chi connectivity index (χ1v) is 5.68. The number of carbonyl (C=O) groups excluding carboxylic acids is 1. The van der Waals surface area contributed by atoms with Crippen LogP contribution in [0.25, 0.3) is 0 Å². The Morgan fingerprint density at radius 2 is 2.07 bits per heavy atom. The molecule has 1 aromatic carbocycles. The van der Waals surface area contributed by atoms with Gasteiger partial charge in [0, 0.05) is 28.8 Å². The second-order valence-electron chi connectivity index (χ2n) is 3.42. The lowest BCUT2D eigenvalue weighted by molar-refractivity contribution is 0.112. The van der Waals surface area contributed by atoms with Crippen LogP contribution >= 0.6 is 15.9 Å². The predicted octanol–water partition coefficient (Wildman–Crippen LogP) is 2.10. The zero-order chi connectivity index (χ0) is 10.7. The highest BCUT2D eigenvalue weighted by molar-refractivity contribution is 9.10. The van der Waals surface area contributed by atoms with Gasteiger partial charge in [0.15, 0.2) is 6.29 Å². The molecule has 4 heteroatoms. The van der Waals surface area contributed by atoms with Crippen LogP contribution in [0.4, 0.5) is 5.69 Å². The topological polar surface area (TPSA) is 29.5 Å². The van der Waals surface area contributed by atoms with Crippen LogP contribution in [0.15, 0.2) is 22.7 Å². The smallest absolute Gasteiger partial charge is 0.151 e. The van der Waals surface area contributed by atoms with E-state index in [1.807, 2.05) is 18.2 Å². The molecule has 1 aliphatic rings. The third kappa shape index (κ3) is 2.38. The summed E-state index contributed by atoms with van der Waals surface area (Å²) in [5.74, 6) is 0. The van der Waals surface area contributed by atoms with E-state index < -0.39 is 0 Å². The van der Waals surface area contributed by atoms with Gasteiger partial charge in [-0.05, 0) is 34.1 Å². The van der Waals surface area contributed by atoms with E-state index in [0.717, 1.165) is 42.7 Å². The van der Waals surface area contributed by atoms with Crippen molar-refractivity contribution in [3.8, 4) is 0 Å². The summed E-state index contributed by atoms with van der Waals surface area (Å²) in [5.41, 5.74) is 1.82. The Labute approximate surface area is 97.2 Å². The minimum absolute atomic E-state index is 0.687. The lowest BCUT2D eigenvalue weighted by atomic mass is 10.2. The predicted molar refractivity (Wildman–Crippen MR) is 62.6 cm³/mol. The standard InChI is InChI=1S/C11H12BrNO2/c12-11-7-10(2-1-9(11)8-14)13-3-5-15-6-4-13/h1-2,7-8H,3-6H2. The fourth-order valence-corrected chi connectivity index (χ4v) is 2.09. The molecule has 80 valence electrons. The van der Waals surface area contributed by atoms with Crippen molar-refractivity contribution in [3.63, 3.8) is 0 Å². The maximum absolute atomic E-state index is 10.7. The fraction of sp³-hybridized carbons (Fsp3) is 0.364. The Hall–Kier alpha value is -0.870. The van der Waals surface area contributed by atoms with E-state index in [0.29, 0.717) is 5.56 Å². The minimum atomic E-state index is 0.687. The van der Waals surface area contributed by atoms with Crippen LogP contribution in [0.3, 0.4) is 0 Å². The molecule has 1 aromatic rings. The molecule has 1 fully saturated rings. The largest absolute Gasteiger partial charge is 0.378 e. The summed E-state index contributed by atoms with van der Waals surface area (Å²) in [6, 6.07) is 5.79. The van der Waals surface area contributed by atoms with E-state index in [9.17, 15) is 4.79 Å². The molecule has 0 spiro atoms. The highest BCUT2D eigenvalue weighted by Gasteiger charge is 2.11. The van der Waals surface area contributed by atoms with Gasteiger partial charge < -0.3 is 9.64 Å². The van der Waals surface area contributed by atoms with E-state index >= 15 is 0 Å². The summed E-state index contributed by atoms with van der Waals surface area (Å²) < 4.78 is 6.14. The van der Waals surface area contributed by atoms with Gasteiger partial charge in [-0.2, -0.15) is 0 Å². The van der Waals surface area contributed by atoms with Crippen molar-refractivity contribution in [1.29, 1.82) is 0 Å². The normalized spacial score (nSPS) is 16.5. The molecule has 0 bridgehead atoms. The third-order valence-corrected chi connectivity index (χ3v) is 3.17. The van der Waals surface area contributed by atoms with Crippen LogP contribution in [-0.2, 0) is 4.74 Å². The molecular weight excluding hydrogens is 258 g/mol. The van der Waals surface area contributed by atoms with Crippen LogP contribution < -0.4 is 4.90 Å². The van der Waals surface area contributed by atoms with E-state index in [1.165, 1.54) is 0 Å². The van der Waals surface area contributed by atoms with Gasteiger partial charge in [0.1, 0.15) is 0 Å². The second-order valence-corrected chi connectivity index (χ2v) is 4.28. The van der Waals surface area contributed by atoms with Gasteiger partial charge in [-0.25, -0.2) is 0 Å². The van der Waals surface area contributed by atoms with Gasteiger partial charge in [0.2, 0.25) is 0 Å². The SMILES string of the molecule is O=Cc1ccc(N2CCOCC2)cc1Br. The number of hydrogen-bond donors (Lipinski definition) is 0. The number of rotatable bonds is 2. The average molecular weight is 270 g/mol. The molecule has 0 N–H and O–H groups in total. The van der Waals surface area contributed by atoms with Crippen LogP contribution in [0, 0.1) is 0 Å². The first-order chi connectivity index (χ1) is 7.31. The van der Waals surface area contributed by atoms with Crippen molar-refractivity contribution >= 4 is 27.9 Å². The third-order valence-electron chi connectivity index (χ3n) is 2.49. The zero-order valence-electron chi connectivity index (χ0n) is 8.28. The first-order valence-electron chi connectivity index (χ1n) is 4.88. The van der Waals surface area contributed by atoms with Crippen molar-refractivity contribution < 1.29 is 9.53 Å². The Bertz CT molecular complexity index is 362. The van der Waals surface area contributed by atoms with E-state index in [1.54, 1.807) is 0 Å². The Balaban J connectivity index is 2.21. The fourth-order valence-electron chi connectivity index (χ4n) is 1.63. The quantitative estimate of drug-likeness (QED) is 0.771. The number of nitrogens with zero attached hydrogens (tertiary/aromatic N) is 1. The van der Waals surface area contributed by atoms with Crippen molar-refractivity contribution in [2.45, 2.75) is 0 Å². The van der Waals surface area contributed by atoms with E-state index in [4.69, 9.17) is 4.74 Å². The van der Waals surface area contributed by atoms with Crippen molar-refractivity contribution in [3.05, 3.63) is 28.2 Å². The maximum atomic E-state index is 10.7. The molecule has 0 saturated carbocycles. The lowest BCUT2D eigenvalue weighted by Gasteiger charge is -2.29. The summed E-state index contributed by atoms with van der Waals surface area (Å²) in [5, 5.41) is 0. The molecule has 1 aliphatic heterocycles. The van der Waals surface area contributed by atoms with Gasteiger partial charge in [-0.1, -0.05) is 0 Å². The second kappa shape index (κ2) is 4.77. The molecule has 0 amide bonds. The molecule has 0 atom stereocenters. The molecule has 0 aliphatic carbocycles. The van der Waals surface area contributed by atoms with Crippen LogP contribution in [0.2, 0.25) is 0 Å². The Kier molecular flexibility index (Phi) is 3.38. The molecule has 15 heavy (non-hydrogen) atoms. The molecule has 1 saturated heterocycles. The Morgan fingerprint density at radius 1 is 1.33 bits per heavy atom. The molecule has 0 unspecified atom stereocenters. The minimum Gasteiger partial charge on any atom is -0.378 e. The highest BCUT2D eigenvalue weighted by atomic mass is 79.9. The molecule has 1 heterocycles. The van der Waals surface area contributed by atoms with Gasteiger partial charge in [0.25, 0.3) is 0 Å². The van der Waals surface area contributed by atoms with Gasteiger partial charge >= 0.3 is 0 Å². The van der Waals surface area contributed by atoms with Crippen molar-refractivity contribution in [1.82, 2.24) is 0 Å². The Morgan fingerprint density at radius 3 is 2.67 bits per heavy atom.